The average molecular weight is 454 g/mol. The van der Waals surface area contributed by atoms with Crippen LogP contribution in [0.3, 0.4) is 0 Å². The quantitative estimate of drug-likeness (QED) is 0.381. The first-order valence-electron chi connectivity index (χ1n) is 10.9. The van der Waals surface area contributed by atoms with E-state index in [1.165, 1.54) is 18.2 Å². The van der Waals surface area contributed by atoms with Crippen LogP contribution in [0.2, 0.25) is 0 Å². The van der Waals surface area contributed by atoms with Crippen molar-refractivity contribution in [3.8, 4) is 28.0 Å². The molecular formula is C27H25F3O3. The van der Waals surface area contributed by atoms with Gasteiger partial charge in [0.05, 0.1) is 19.8 Å². The third-order valence-electron chi connectivity index (χ3n) is 5.59. The van der Waals surface area contributed by atoms with Gasteiger partial charge in [0.25, 0.3) is 0 Å². The summed E-state index contributed by atoms with van der Waals surface area (Å²) in [5.41, 5.74) is 2.47. The molecule has 0 spiro atoms. The predicted octanol–water partition coefficient (Wildman–Crippen LogP) is 6.87. The fraction of sp³-hybridized carbons (Fsp3) is 0.259. The molecule has 1 fully saturated rings. The van der Waals surface area contributed by atoms with Crippen LogP contribution in [0.4, 0.5) is 13.2 Å². The molecule has 0 unspecified atom stereocenters. The highest BCUT2D eigenvalue weighted by Crippen LogP contribution is 2.33. The van der Waals surface area contributed by atoms with E-state index >= 15 is 0 Å². The topological polar surface area (TPSA) is 27.7 Å². The lowest BCUT2D eigenvalue weighted by Crippen LogP contribution is -2.29. The van der Waals surface area contributed by atoms with Crippen molar-refractivity contribution in [3.63, 3.8) is 0 Å². The fourth-order valence-corrected chi connectivity index (χ4v) is 3.85. The molecule has 3 nitrogen and oxygen atoms in total. The minimum atomic E-state index is -1.02. The zero-order chi connectivity index (χ0) is 23.4. The van der Waals surface area contributed by atoms with Crippen LogP contribution < -0.4 is 4.74 Å². The third-order valence-corrected chi connectivity index (χ3v) is 5.59. The maximum absolute atomic E-state index is 14.9. The number of allylic oxidation sites excluding steroid dienone is 1. The molecule has 1 heterocycles. The molecule has 172 valence electrons. The maximum Gasteiger partial charge on any atom is 0.201 e. The van der Waals surface area contributed by atoms with Gasteiger partial charge in [-0.25, -0.2) is 8.78 Å². The number of ether oxygens (including phenoxy) is 3. The van der Waals surface area contributed by atoms with E-state index in [-0.39, 0.29) is 35.9 Å². The number of halogens is 3. The Kier molecular flexibility index (Phi) is 7.16. The average Bonchev–Trinajstić information content (AvgIpc) is 2.83. The summed E-state index contributed by atoms with van der Waals surface area (Å²) < 4.78 is 60.0. The Balaban J connectivity index is 1.52. The summed E-state index contributed by atoms with van der Waals surface area (Å²) in [6.07, 6.45) is 3.34. The molecule has 0 aliphatic carbocycles. The van der Waals surface area contributed by atoms with Gasteiger partial charge in [-0.1, -0.05) is 42.5 Å². The van der Waals surface area contributed by atoms with Crippen molar-refractivity contribution in [3.05, 3.63) is 89.8 Å². The largest absolute Gasteiger partial charge is 0.491 e. The van der Waals surface area contributed by atoms with Gasteiger partial charge in [0, 0.05) is 17.0 Å². The summed E-state index contributed by atoms with van der Waals surface area (Å²) in [5, 5.41) is 0. The summed E-state index contributed by atoms with van der Waals surface area (Å²) in [6.45, 7) is 4.74. The Bertz CT molecular complexity index is 1130. The third kappa shape index (κ3) is 4.97. The van der Waals surface area contributed by atoms with Gasteiger partial charge in [-0.2, -0.15) is 4.39 Å². The van der Waals surface area contributed by atoms with Gasteiger partial charge in [-0.15, -0.1) is 0 Å². The smallest absolute Gasteiger partial charge is 0.201 e. The molecule has 4 rings (SSSR count). The van der Waals surface area contributed by atoms with Gasteiger partial charge in [0.1, 0.15) is 5.82 Å². The van der Waals surface area contributed by atoms with E-state index in [9.17, 15) is 13.2 Å². The van der Waals surface area contributed by atoms with Crippen LogP contribution in [0, 0.1) is 17.5 Å². The van der Waals surface area contributed by atoms with Crippen molar-refractivity contribution < 1.29 is 27.4 Å². The summed E-state index contributed by atoms with van der Waals surface area (Å²) in [6, 6.07) is 14.6. The van der Waals surface area contributed by atoms with Gasteiger partial charge in [-0.05, 0) is 54.8 Å². The molecule has 3 aromatic rings. The summed E-state index contributed by atoms with van der Waals surface area (Å²) in [4.78, 5) is 0. The Hall–Kier alpha value is -3.09. The van der Waals surface area contributed by atoms with E-state index in [1.54, 1.807) is 37.3 Å². The highest BCUT2D eigenvalue weighted by Gasteiger charge is 2.23. The molecule has 0 aromatic heterocycles. The summed E-state index contributed by atoms with van der Waals surface area (Å²) in [5.74, 6) is -2.53. The number of rotatable bonds is 6. The first-order valence-corrected chi connectivity index (χ1v) is 10.9. The summed E-state index contributed by atoms with van der Waals surface area (Å²) in [7, 11) is 0. The number of hydrogen-bond acceptors (Lipinski definition) is 3. The SMILES string of the molecule is CC=CC1OCC(c2ccc(-c3ccc(-c4ccc(OCC)c(F)c4F)cc3)c(F)c2)CO1. The molecule has 1 aliphatic rings. The normalized spacial score (nSPS) is 18.6. The molecule has 0 radical (unpaired) electrons. The molecule has 0 amide bonds. The second kappa shape index (κ2) is 10.2. The van der Waals surface area contributed by atoms with Gasteiger partial charge in [0.2, 0.25) is 5.82 Å². The van der Waals surface area contributed by atoms with Gasteiger partial charge in [-0.3, -0.25) is 0 Å². The second-order valence-corrected chi connectivity index (χ2v) is 7.75. The molecule has 3 aromatic carbocycles. The van der Waals surface area contributed by atoms with Crippen molar-refractivity contribution in [1.82, 2.24) is 0 Å². The highest BCUT2D eigenvalue weighted by molar-refractivity contribution is 5.71. The highest BCUT2D eigenvalue weighted by atomic mass is 19.2. The standard InChI is InChI=1S/C27H25F3O3/c1-3-5-25-32-15-20(16-33-25)19-10-11-21(23(28)14-19)17-6-8-18(9-7-17)22-12-13-24(31-4-2)27(30)26(22)29/h3,5-14,20,25H,4,15-16H2,1-2H3. The minimum Gasteiger partial charge on any atom is -0.491 e. The van der Waals surface area contributed by atoms with Crippen molar-refractivity contribution in [2.75, 3.05) is 19.8 Å². The summed E-state index contributed by atoms with van der Waals surface area (Å²) >= 11 is 0. The van der Waals surface area contributed by atoms with E-state index in [1.807, 2.05) is 25.1 Å². The van der Waals surface area contributed by atoms with E-state index in [4.69, 9.17) is 14.2 Å². The lowest BCUT2D eigenvalue weighted by atomic mass is 9.95. The van der Waals surface area contributed by atoms with Crippen molar-refractivity contribution in [1.29, 1.82) is 0 Å². The molecule has 6 heteroatoms. The van der Waals surface area contributed by atoms with E-state index in [0.29, 0.717) is 29.9 Å². The van der Waals surface area contributed by atoms with E-state index in [2.05, 4.69) is 0 Å². The molecule has 33 heavy (non-hydrogen) atoms. The van der Waals surface area contributed by atoms with Crippen molar-refractivity contribution in [2.45, 2.75) is 26.1 Å². The van der Waals surface area contributed by atoms with E-state index < -0.39 is 11.6 Å². The van der Waals surface area contributed by atoms with Crippen molar-refractivity contribution >= 4 is 0 Å². The molecule has 0 bridgehead atoms. The zero-order valence-corrected chi connectivity index (χ0v) is 18.5. The van der Waals surface area contributed by atoms with Crippen LogP contribution in [0.1, 0.15) is 25.3 Å². The molecule has 0 N–H and O–H groups in total. The first-order chi connectivity index (χ1) is 16.0. The van der Waals surface area contributed by atoms with Crippen LogP contribution in [0.15, 0.2) is 66.7 Å². The molecular weight excluding hydrogens is 429 g/mol. The van der Waals surface area contributed by atoms with Crippen molar-refractivity contribution in [2.24, 2.45) is 0 Å². The Labute approximate surface area is 191 Å². The second-order valence-electron chi connectivity index (χ2n) is 7.75. The lowest BCUT2D eigenvalue weighted by molar-refractivity contribution is -0.159. The van der Waals surface area contributed by atoms with E-state index in [0.717, 1.165) is 5.56 Å². The Morgan fingerprint density at radius 3 is 2.12 bits per heavy atom. The predicted molar refractivity (Wildman–Crippen MR) is 122 cm³/mol. The fourth-order valence-electron chi connectivity index (χ4n) is 3.85. The van der Waals surface area contributed by atoms with Crippen LogP contribution in [-0.4, -0.2) is 26.1 Å². The Morgan fingerprint density at radius 2 is 1.52 bits per heavy atom. The first kappa shape index (κ1) is 23.1. The molecule has 1 aliphatic heterocycles. The maximum atomic E-state index is 14.9. The van der Waals surface area contributed by atoms with Crippen LogP contribution in [-0.2, 0) is 9.47 Å². The van der Waals surface area contributed by atoms with Crippen LogP contribution >= 0.6 is 0 Å². The zero-order valence-electron chi connectivity index (χ0n) is 18.5. The number of benzene rings is 3. The lowest BCUT2D eigenvalue weighted by Gasteiger charge is -2.28. The van der Waals surface area contributed by atoms with Gasteiger partial charge >= 0.3 is 0 Å². The monoisotopic (exact) mass is 454 g/mol. The van der Waals surface area contributed by atoms with Crippen LogP contribution in [0.25, 0.3) is 22.3 Å². The minimum absolute atomic E-state index is 0.0463. The Morgan fingerprint density at radius 1 is 0.879 bits per heavy atom. The molecule has 0 atom stereocenters. The van der Waals surface area contributed by atoms with Gasteiger partial charge in [0.15, 0.2) is 17.9 Å². The van der Waals surface area contributed by atoms with Gasteiger partial charge < -0.3 is 14.2 Å². The number of hydrogen-bond donors (Lipinski definition) is 0. The molecule has 1 saturated heterocycles. The molecule has 0 saturated carbocycles. The van der Waals surface area contributed by atoms with Crippen LogP contribution in [0.5, 0.6) is 5.75 Å².